The van der Waals surface area contributed by atoms with E-state index in [4.69, 9.17) is 5.11 Å². The van der Waals surface area contributed by atoms with Gasteiger partial charge in [-0.1, -0.05) is 6.08 Å². The molecule has 0 aromatic heterocycles. The van der Waals surface area contributed by atoms with Gasteiger partial charge in [0.05, 0.1) is 5.41 Å². The van der Waals surface area contributed by atoms with Gasteiger partial charge in [-0.25, -0.2) is 0 Å². The minimum Gasteiger partial charge on any atom is -0.481 e. The Bertz CT molecular complexity index is 237. The lowest BCUT2D eigenvalue weighted by Gasteiger charge is -2.20. The topological polar surface area (TPSA) is 46.5 Å². The fourth-order valence-corrected chi connectivity index (χ4v) is 0.768. The lowest BCUT2D eigenvalue weighted by Crippen LogP contribution is -2.27. The third-order valence-electron chi connectivity index (χ3n) is 1.97. The second-order valence-electron chi connectivity index (χ2n) is 3.34. The molecule has 0 fully saturated rings. The highest BCUT2D eigenvalue weighted by Gasteiger charge is 2.31. The lowest BCUT2D eigenvalue weighted by molar-refractivity contribution is -0.175. The summed E-state index contributed by atoms with van der Waals surface area (Å²) in [7, 11) is 0. The predicted octanol–water partition coefficient (Wildman–Crippen LogP) is 2.23. The van der Waals surface area contributed by atoms with Gasteiger partial charge in [-0.15, -0.1) is 6.58 Å². The quantitative estimate of drug-likeness (QED) is 0.558. The van der Waals surface area contributed by atoms with Crippen LogP contribution in [-0.4, -0.2) is 30.5 Å². The lowest BCUT2D eigenvalue weighted by atomic mass is 9.88. The number of hydrogen-bond acceptors (Lipinski definition) is 2. The Kier molecular flexibility index (Phi) is 4.80. The molecule has 1 atom stereocenters. The Morgan fingerprint density at radius 3 is 2.40 bits per heavy atom. The standard InChI is InChI=1S/C9H13F3O3/c1-3-8(2,7(13)14)4-5-15-6-9(10,11)12/h3H,1,4-6H2,2H3,(H,13,14). The summed E-state index contributed by atoms with van der Waals surface area (Å²) >= 11 is 0. The van der Waals surface area contributed by atoms with Crippen LogP contribution in [0.2, 0.25) is 0 Å². The zero-order valence-corrected chi connectivity index (χ0v) is 8.30. The highest BCUT2D eigenvalue weighted by molar-refractivity contribution is 5.76. The second-order valence-corrected chi connectivity index (χ2v) is 3.34. The number of carbonyl (C=O) groups is 1. The maximum Gasteiger partial charge on any atom is 0.411 e. The summed E-state index contributed by atoms with van der Waals surface area (Å²) in [5.74, 6) is -1.13. The van der Waals surface area contributed by atoms with Crippen LogP contribution >= 0.6 is 0 Å². The SMILES string of the molecule is C=CC(C)(CCOCC(F)(F)F)C(=O)O. The smallest absolute Gasteiger partial charge is 0.411 e. The summed E-state index contributed by atoms with van der Waals surface area (Å²) in [5, 5.41) is 8.74. The Hall–Kier alpha value is -1.04. The number of hydrogen-bond donors (Lipinski definition) is 1. The van der Waals surface area contributed by atoms with Crippen molar-refractivity contribution in [3.05, 3.63) is 12.7 Å². The van der Waals surface area contributed by atoms with E-state index in [1.165, 1.54) is 13.0 Å². The number of carboxylic acids is 1. The van der Waals surface area contributed by atoms with Crippen molar-refractivity contribution in [1.29, 1.82) is 0 Å². The van der Waals surface area contributed by atoms with Crippen molar-refractivity contribution in [1.82, 2.24) is 0 Å². The van der Waals surface area contributed by atoms with E-state index in [1.807, 2.05) is 0 Å². The molecule has 1 unspecified atom stereocenters. The third kappa shape index (κ3) is 5.41. The van der Waals surface area contributed by atoms with Gasteiger partial charge >= 0.3 is 12.1 Å². The van der Waals surface area contributed by atoms with Gasteiger partial charge in [0.2, 0.25) is 0 Å². The zero-order chi connectivity index (χ0) is 12.1. The molecular weight excluding hydrogens is 213 g/mol. The Morgan fingerprint density at radius 2 is 2.07 bits per heavy atom. The van der Waals surface area contributed by atoms with Gasteiger partial charge in [-0.2, -0.15) is 13.2 Å². The summed E-state index contributed by atoms with van der Waals surface area (Å²) < 4.78 is 39.3. The maximum absolute atomic E-state index is 11.7. The molecule has 0 rings (SSSR count). The number of alkyl halides is 3. The van der Waals surface area contributed by atoms with Crippen LogP contribution in [0, 0.1) is 5.41 Å². The molecule has 0 bridgehead atoms. The summed E-state index contributed by atoms with van der Waals surface area (Å²) in [6.07, 6.45) is -3.23. The first-order chi connectivity index (χ1) is 6.71. The van der Waals surface area contributed by atoms with Crippen LogP contribution in [0.5, 0.6) is 0 Å². The van der Waals surface area contributed by atoms with Crippen molar-refractivity contribution < 1.29 is 27.8 Å². The summed E-state index contributed by atoms with van der Waals surface area (Å²) in [6, 6.07) is 0. The molecule has 0 aliphatic heterocycles. The van der Waals surface area contributed by atoms with E-state index in [0.717, 1.165) is 0 Å². The van der Waals surface area contributed by atoms with Crippen LogP contribution in [-0.2, 0) is 9.53 Å². The third-order valence-corrected chi connectivity index (χ3v) is 1.97. The van der Waals surface area contributed by atoms with E-state index in [1.54, 1.807) is 0 Å². The molecule has 0 radical (unpaired) electrons. The number of halogens is 3. The molecule has 0 aromatic carbocycles. The molecule has 0 spiro atoms. The van der Waals surface area contributed by atoms with Gasteiger partial charge in [0, 0.05) is 6.61 Å². The molecule has 15 heavy (non-hydrogen) atoms. The number of ether oxygens (including phenoxy) is 1. The first-order valence-corrected chi connectivity index (χ1v) is 4.23. The number of rotatable bonds is 6. The minimum atomic E-state index is -4.38. The average molecular weight is 226 g/mol. The number of carboxylic acid groups (broad SMARTS) is 1. The Morgan fingerprint density at radius 1 is 1.53 bits per heavy atom. The molecule has 88 valence electrons. The zero-order valence-electron chi connectivity index (χ0n) is 8.30. The van der Waals surface area contributed by atoms with Gasteiger partial charge in [0.15, 0.2) is 0 Å². The van der Waals surface area contributed by atoms with Gasteiger partial charge in [0.1, 0.15) is 6.61 Å². The van der Waals surface area contributed by atoms with Crippen molar-refractivity contribution in [2.24, 2.45) is 5.41 Å². The molecule has 0 aliphatic rings. The van der Waals surface area contributed by atoms with Gasteiger partial charge in [-0.3, -0.25) is 4.79 Å². The van der Waals surface area contributed by atoms with Gasteiger partial charge < -0.3 is 9.84 Å². The Labute approximate surface area is 85.5 Å². The van der Waals surface area contributed by atoms with Crippen molar-refractivity contribution in [2.45, 2.75) is 19.5 Å². The monoisotopic (exact) mass is 226 g/mol. The second kappa shape index (κ2) is 5.16. The molecule has 0 amide bonds. The van der Waals surface area contributed by atoms with Crippen molar-refractivity contribution in [3.8, 4) is 0 Å². The number of aliphatic carboxylic acids is 1. The molecule has 0 aliphatic carbocycles. The summed E-state index contributed by atoms with van der Waals surface area (Å²) in [4.78, 5) is 10.7. The van der Waals surface area contributed by atoms with Crippen LogP contribution in [0.4, 0.5) is 13.2 Å². The van der Waals surface area contributed by atoms with E-state index >= 15 is 0 Å². The fourth-order valence-electron chi connectivity index (χ4n) is 0.768. The van der Waals surface area contributed by atoms with Gasteiger partial charge in [0.25, 0.3) is 0 Å². The minimum absolute atomic E-state index is 0.0398. The van der Waals surface area contributed by atoms with Crippen LogP contribution in [0.1, 0.15) is 13.3 Å². The highest BCUT2D eigenvalue weighted by atomic mass is 19.4. The van der Waals surface area contributed by atoms with Crippen molar-refractivity contribution in [2.75, 3.05) is 13.2 Å². The van der Waals surface area contributed by atoms with E-state index in [0.29, 0.717) is 0 Å². The largest absolute Gasteiger partial charge is 0.481 e. The normalized spacial score (nSPS) is 15.7. The average Bonchev–Trinajstić information content (AvgIpc) is 2.10. The van der Waals surface area contributed by atoms with Crippen molar-refractivity contribution >= 4 is 5.97 Å². The predicted molar refractivity (Wildman–Crippen MR) is 47.4 cm³/mol. The molecule has 6 heteroatoms. The van der Waals surface area contributed by atoms with E-state index in [2.05, 4.69) is 11.3 Å². The summed E-state index contributed by atoms with van der Waals surface area (Å²) in [6.45, 7) is 3.07. The first-order valence-electron chi connectivity index (χ1n) is 4.23. The van der Waals surface area contributed by atoms with E-state index in [9.17, 15) is 18.0 Å². The molecule has 0 saturated heterocycles. The van der Waals surface area contributed by atoms with Crippen LogP contribution in [0.3, 0.4) is 0 Å². The molecule has 0 aromatic rings. The van der Waals surface area contributed by atoms with E-state index < -0.39 is 24.2 Å². The first kappa shape index (κ1) is 14.0. The molecule has 0 saturated carbocycles. The van der Waals surface area contributed by atoms with Crippen LogP contribution < -0.4 is 0 Å². The molecule has 1 N–H and O–H groups in total. The van der Waals surface area contributed by atoms with E-state index in [-0.39, 0.29) is 13.0 Å². The molecule has 3 nitrogen and oxygen atoms in total. The highest BCUT2D eigenvalue weighted by Crippen LogP contribution is 2.23. The van der Waals surface area contributed by atoms with Crippen LogP contribution in [0.25, 0.3) is 0 Å². The fraction of sp³-hybridized carbons (Fsp3) is 0.667. The van der Waals surface area contributed by atoms with Gasteiger partial charge in [-0.05, 0) is 13.3 Å². The Balaban J connectivity index is 3.94. The maximum atomic E-state index is 11.7. The van der Waals surface area contributed by atoms with Crippen LogP contribution in [0.15, 0.2) is 12.7 Å². The summed E-state index contributed by atoms with van der Waals surface area (Å²) in [5.41, 5.74) is -1.24. The molecular formula is C9H13F3O3. The molecule has 0 heterocycles. The van der Waals surface area contributed by atoms with Crippen molar-refractivity contribution in [3.63, 3.8) is 0 Å².